The van der Waals surface area contributed by atoms with Crippen LogP contribution in [0, 0.1) is 6.92 Å². The van der Waals surface area contributed by atoms with Gasteiger partial charge in [0.05, 0.1) is 23.6 Å². The maximum atomic E-state index is 4.52. The van der Waals surface area contributed by atoms with Crippen LogP contribution in [0.1, 0.15) is 21.8 Å². The van der Waals surface area contributed by atoms with Gasteiger partial charge in [-0.15, -0.1) is 35.3 Å². The maximum Gasteiger partial charge on any atom is 0.194 e. The van der Waals surface area contributed by atoms with Gasteiger partial charge in [0.25, 0.3) is 0 Å². The van der Waals surface area contributed by atoms with Crippen molar-refractivity contribution in [2.45, 2.75) is 26.6 Å². The van der Waals surface area contributed by atoms with Crippen molar-refractivity contribution in [1.29, 1.82) is 0 Å². The van der Waals surface area contributed by atoms with Crippen LogP contribution in [0.25, 0.3) is 0 Å². The van der Waals surface area contributed by atoms with Crippen molar-refractivity contribution in [3.8, 4) is 0 Å². The fraction of sp³-hybridized carbons (Fsp3) is 0.316. The molecular weight excluding hydrogens is 471 g/mol. The molecule has 2 heterocycles. The Balaban J connectivity index is 0.00000261. The number of nitrogens with one attached hydrogen (secondary N) is 1. The number of hydrogen-bond donors (Lipinski definition) is 1. The molecule has 0 saturated carbocycles. The number of thiazole rings is 1. The second-order valence-electron chi connectivity index (χ2n) is 6.17. The Kier molecular flexibility index (Phi) is 8.23. The molecule has 6 nitrogen and oxygen atoms in total. The predicted molar refractivity (Wildman–Crippen MR) is 122 cm³/mol. The van der Waals surface area contributed by atoms with E-state index in [4.69, 9.17) is 0 Å². The number of rotatable bonds is 6. The molecule has 0 aliphatic rings. The predicted octanol–water partition coefficient (Wildman–Crippen LogP) is 3.52. The Labute approximate surface area is 181 Å². The zero-order valence-electron chi connectivity index (χ0n) is 15.8. The van der Waals surface area contributed by atoms with E-state index in [-0.39, 0.29) is 24.0 Å². The first kappa shape index (κ1) is 21.4. The molecular formula is C19H25IN6S. The Morgan fingerprint density at radius 1 is 1.33 bits per heavy atom. The SMILES string of the molecule is CN=C(NCc1cccc(Cn2ccnc2)c1)N(C)Cc1csc(C)n1.I. The van der Waals surface area contributed by atoms with Crippen LogP contribution in [0.2, 0.25) is 0 Å². The van der Waals surface area contributed by atoms with Crippen LogP contribution in [0.3, 0.4) is 0 Å². The van der Waals surface area contributed by atoms with Crippen LogP contribution >= 0.6 is 35.3 Å². The van der Waals surface area contributed by atoms with E-state index in [9.17, 15) is 0 Å². The Morgan fingerprint density at radius 3 is 2.81 bits per heavy atom. The lowest BCUT2D eigenvalue weighted by molar-refractivity contribution is 0.470. The van der Waals surface area contributed by atoms with E-state index in [2.05, 4.69) is 59.4 Å². The van der Waals surface area contributed by atoms with Gasteiger partial charge in [-0.2, -0.15) is 0 Å². The molecule has 1 aromatic carbocycles. The minimum Gasteiger partial charge on any atom is -0.352 e. The zero-order chi connectivity index (χ0) is 18.4. The minimum absolute atomic E-state index is 0. The van der Waals surface area contributed by atoms with Gasteiger partial charge in [-0.05, 0) is 18.1 Å². The third-order valence-electron chi connectivity index (χ3n) is 4.01. The number of halogens is 1. The number of aliphatic imine (C=N–C) groups is 1. The quantitative estimate of drug-likeness (QED) is 0.323. The molecule has 3 aromatic rings. The summed E-state index contributed by atoms with van der Waals surface area (Å²) >= 11 is 1.67. The molecule has 0 fully saturated rings. The molecule has 0 radical (unpaired) electrons. The topological polar surface area (TPSA) is 58.3 Å². The highest BCUT2D eigenvalue weighted by Gasteiger charge is 2.08. The molecule has 0 spiro atoms. The average molecular weight is 496 g/mol. The Bertz CT molecular complexity index is 859. The highest BCUT2D eigenvalue weighted by atomic mass is 127. The lowest BCUT2D eigenvalue weighted by Crippen LogP contribution is -2.38. The number of nitrogens with zero attached hydrogens (tertiary/aromatic N) is 5. The van der Waals surface area contributed by atoms with Crippen LogP contribution in [0.5, 0.6) is 0 Å². The van der Waals surface area contributed by atoms with Gasteiger partial charge in [0.2, 0.25) is 0 Å². The van der Waals surface area contributed by atoms with E-state index in [1.54, 1.807) is 24.6 Å². The van der Waals surface area contributed by atoms with E-state index in [0.717, 1.165) is 36.3 Å². The van der Waals surface area contributed by atoms with Crippen molar-refractivity contribution in [2.75, 3.05) is 14.1 Å². The summed E-state index contributed by atoms with van der Waals surface area (Å²) in [6.07, 6.45) is 5.61. The van der Waals surface area contributed by atoms with Crippen LogP contribution in [-0.2, 0) is 19.6 Å². The van der Waals surface area contributed by atoms with Crippen molar-refractivity contribution in [3.05, 3.63) is 70.2 Å². The second-order valence-corrected chi connectivity index (χ2v) is 7.23. The van der Waals surface area contributed by atoms with Crippen molar-refractivity contribution in [3.63, 3.8) is 0 Å². The van der Waals surface area contributed by atoms with Gasteiger partial charge in [-0.1, -0.05) is 24.3 Å². The molecule has 0 aliphatic heterocycles. The van der Waals surface area contributed by atoms with E-state index in [1.807, 2.05) is 26.5 Å². The van der Waals surface area contributed by atoms with Gasteiger partial charge >= 0.3 is 0 Å². The van der Waals surface area contributed by atoms with Crippen molar-refractivity contribution in [2.24, 2.45) is 4.99 Å². The summed E-state index contributed by atoms with van der Waals surface area (Å²) in [6.45, 7) is 4.32. The van der Waals surface area contributed by atoms with Crippen molar-refractivity contribution < 1.29 is 0 Å². The smallest absolute Gasteiger partial charge is 0.194 e. The zero-order valence-corrected chi connectivity index (χ0v) is 18.9. The first-order chi connectivity index (χ1) is 12.6. The van der Waals surface area contributed by atoms with Crippen LogP contribution in [0.15, 0.2) is 53.4 Å². The molecule has 0 atom stereocenters. The monoisotopic (exact) mass is 496 g/mol. The van der Waals surface area contributed by atoms with Gasteiger partial charge in [0, 0.05) is 45.0 Å². The number of imidazole rings is 1. The summed E-state index contributed by atoms with van der Waals surface area (Å²) in [6, 6.07) is 8.56. The summed E-state index contributed by atoms with van der Waals surface area (Å²) in [5.74, 6) is 0.857. The molecule has 27 heavy (non-hydrogen) atoms. The molecule has 3 rings (SSSR count). The molecule has 0 aliphatic carbocycles. The molecule has 1 N–H and O–H groups in total. The standard InChI is InChI=1S/C19H24N6S.HI/c1-15-23-18(13-26-15)12-24(3)19(20-2)22-10-16-5-4-6-17(9-16)11-25-8-7-21-14-25;/h4-9,13-14H,10-12H2,1-3H3,(H,20,22);1H. The molecule has 0 saturated heterocycles. The number of benzene rings is 1. The summed E-state index contributed by atoms with van der Waals surface area (Å²) in [5.41, 5.74) is 3.55. The number of hydrogen-bond acceptors (Lipinski definition) is 4. The molecule has 2 aromatic heterocycles. The first-order valence-electron chi connectivity index (χ1n) is 8.50. The highest BCUT2D eigenvalue weighted by molar-refractivity contribution is 14.0. The van der Waals surface area contributed by atoms with E-state index in [0.29, 0.717) is 0 Å². The summed E-state index contributed by atoms with van der Waals surface area (Å²) < 4.78 is 2.06. The largest absolute Gasteiger partial charge is 0.352 e. The van der Waals surface area contributed by atoms with Gasteiger partial charge in [0.15, 0.2) is 5.96 Å². The normalized spacial score (nSPS) is 11.1. The van der Waals surface area contributed by atoms with E-state index < -0.39 is 0 Å². The second kappa shape index (κ2) is 10.4. The van der Waals surface area contributed by atoms with Crippen LogP contribution in [0.4, 0.5) is 0 Å². The lowest BCUT2D eigenvalue weighted by atomic mass is 10.1. The van der Waals surface area contributed by atoms with Gasteiger partial charge in [-0.25, -0.2) is 9.97 Å². The highest BCUT2D eigenvalue weighted by Crippen LogP contribution is 2.10. The maximum absolute atomic E-state index is 4.52. The van der Waals surface area contributed by atoms with E-state index >= 15 is 0 Å². The summed E-state index contributed by atoms with van der Waals surface area (Å²) in [4.78, 5) is 15.1. The minimum atomic E-state index is 0. The molecule has 144 valence electrons. The first-order valence-corrected chi connectivity index (χ1v) is 9.38. The summed E-state index contributed by atoms with van der Waals surface area (Å²) in [7, 11) is 3.83. The molecule has 0 unspecified atom stereocenters. The molecule has 0 bridgehead atoms. The van der Waals surface area contributed by atoms with Crippen LogP contribution < -0.4 is 5.32 Å². The Morgan fingerprint density at radius 2 is 2.15 bits per heavy atom. The third-order valence-corrected chi connectivity index (χ3v) is 4.83. The average Bonchev–Trinajstić information content (AvgIpc) is 3.27. The van der Waals surface area contributed by atoms with E-state index in [1.165, 1.54) is 11.1 Å². The fourth-order valence-corrected chi connectivity index (χ4v) is 3.40. The van der Waals surface area contributed by atoms with Gasteiger partial charge in [0.1, 0.15) is 0 Å². The third kappa shape index (κ3) is 6.31. The summed E-state index contributed by atoms with van der Waals surface area (Å²) in [5, 5.41) is 6.62. The number of aromatic nitrogens is 3. The molecule has 0 amide bonds. The van der Waals surface area contributed by atoms with Crippen molar-refractivity contribution in [1.82, 2.24) is 24.8 Å². The lowest BCUT2D eigenvalue weighted by Gasteiger charge is -2.21. The molecule has 8 heteroatoms. The van der Waals surface area contributed by atoms with Gasteiger partial charge < -0.3 is 14.8 Å². The van der Waals surface area contributed by atoms with Crippen LogP contribution in [-0.4, -0.2) is 39.5 Å². The number of guanidine groups is 1. The van der Waals surface area contributed by atoms with Gasteiger partial charge in [-0.3, -0.25) is 4.99 Å². The number of aryl methyl sites for hydroxylation is 1. The Hall–Kier alpha value is -1.94. The van der Waals surface area contributed by atoms with Crippen molar-refractivity contribution >= 4 is 41.3 Å². The fourth-order valence-electron chi connectivity index (χ4n) is 2.79.